The van der Waals surface area contributed by atoms with Crippen molar-refractivity contribution in [1.82, 2.24) is 0 Å². The zero-order valence-corrected chi connectivity index (χ0v) is 25.8. The van der Waals surface area contributed by atoms with E-state index in [2.05, 4.69) is 42.0 Å². The van der Waals surface area contributed by atoms with E-state index in [4.69, 9.17) is 5.14 Å². The Morgan fingerprint density at radius 2 is 1.87 bits per heavy atom. The van der Waals surface area contributed by atoms with Crippen molar-refractivity contribution in [3.05, 3.63) is 22.7 Å². The summed E-state index contributed by atoms with van der Waals surface area (Å²) in [7, 11) is -3.81. The first-order valence-electron chi connectivity index (χ1n) is 14.7. The molecule has 0 unspecified atom stereocenters. The average molecular weight is 626 g/mol. The number of sulfonamides is 1. The largest absolute Gasteiger partial charge is 0.393 e. The summed E-state index contributed by atoms with van der Waals surface area (Å²) in [6, 6.07) is 4.33. The molecule has 39 heavy (non-hydrogen) atoms. The first kappa shape index (κ1) is 29.5. The molecule has 0 saturated heterocycles. The van der Waals surface area contributed by atoms with Crippen molar-refractivity contribution >= 4 is 37.5 Å². The minimum absolute atomic E-state index is 0.0122. The van der Waals surface area contributed by atoms with Gasteiger partial charge in [-0.3, -0.25) is 4.79 Å². The second-order valence-electron chi connectivity index (χ2n) is 13.6. The van der Waals surface area contributed by atoms with E-state index in [1.807, 2.05) is 0 Å². The Morgan fingerprint density at radius 1 is 1.13 bits per heavy atom. The second kappa shape index (κ2) is 10.7. The molecule has 0 spiro atoms. The van der Waals surface area contributed by atoms with Crippen LogP contribution in [-0.2, 0) is 14.8 Å². The van der Waals surface area contributed by atoms with Gasteiger partial charge in [0.15, 0.2) is 0 Å². The van der Waals surface area contributed by atoms with Crippen LogP contribution >= 0.6 is 15.9 Å². The van der Waals surface area contributed by atoms with E-state index in [1.54, 1.807) is 6.07 Å². The summed E-state index contributed by atoms with van der Waals surface area (Å²) >= 11 is 3.33. The van der Waals surface area contributed by atoms with Gasteiger partial charge >= 0.3 is 0 Å². The third kappa shape index (κ3) is 5.24. The van der Waals surface area contributed by atoms with E-state index < -0.39 is 10.0 Å². The Bertz CT molecular complexity index is 1210. The van der Waals surface area contributed by atoms with E-state index in [-0.39, 0.29) is 33.8 Å². The van der Waals surface area contributed by atoms with Crippen LogP contribution in [0, 0.1) is 46.3 Å². The molecule has 1 aromatic carbocycles. The lowest BCUT2D eigenvalue weighted by atomic mass is 9.43. The van der Waals surface area contributed by atoms with Gasteiger partial charge in [-0.05, 0) is 138 Å². The van der Waals surface area contributed by atoms with Crippen LogP contribution in [0.15, 0.2) is 27.6 Å². The van der Waals surface area contributed by atoms with Crippen molar-refractivity contribution in [1.29, 1.82) is 0 Å². The third-order valence-electron chi connectivity index (χ3n) is 11.9. The highest BCUT2D eigenvalue weighted by Crippen LogP contribution is 2.68. The summed E-state index contributed by atoms with van der Waals surface area (Å²) in [5.41, 5.74) is 0.620. The van der Waals surface area contributed by atoms with Crippen molar-refractivity contribution < 1.29 is 23.4 Å². The van der Waals surface area contributed by atoms with Crippen LogP contribution in [0.4, 0.5) is 5.69 Å². The summed E-state index contributed by atoms with van der Waals surface area (Å²) in [5.74, 6) is 2.85. The third-order valence-corrected chi connectivity index (χ3v) is 13.4. The molecule has 9 heteroatoms. The van der Waals surface area contributed by atoms with E-state index in [1.165, 1.54) is 25.0 Å². The van der Waals surface area contributed by atoms with Crippen molar-refractivity contribution in [3.63, 3.8) is 0 Å². The maximum absolute atomic E-state index is 12.8. The number of hydrogen-bond acceptors (Lipinski definition) is 5. The number of aliphatic hydroxyl groups is 2. The molecule has 5 rings (SSSR count). The number of primary sulfonamides is 1. The number of aliphatic hydroxyl groups excluding tert-OH is 2. The molecule has 5 N–H and O–H groups in total. The fourth-order valence-corrected chi connectivity index (χ4v) is 10.9. The van der Waals surface area contributed by atoms with Crippen molar-refractivity contribution in [2.75, 3.05) is 5.32 Å². The van der Waals surface area contributed by atoms with Gasteiger partial charge in [0.2, 0.25) is 15.9 Å². The molecule has 7 nitrogen and oxygen atoms in total. The number of carbonyl (C=O) groups is 1. The van der Waals surface area contributed by atoms with Gasteiger partial charge in [-0.15, -0.1) is 0 Å². The first-order chi connectivity index (χ1) is 18.2. The SMILES string of the molecule is C[C@H](CCC(=O)Nc1ccc(S(N)(=O)=O)cc1Br)[C@H]1CC[C@H]2[C@@H]3CC[C@@H]4C[C@H](O)CC[C@]4(C)[C@H]3C[C@H](O)[C@]12C. The highest BCUT2D eigenvalue weighted by atomic mass is 79.9. The van der Waals surface area contributed by atoms with Crippen molar-refractivity contribution in [3.8, 4) is 0 Å². The van der Waals surface area contributed by atoms with Crippen LogP contribution in [0.2, 0.25) is 0 Å². The lowest BCUT2D eigenvalue weighted by Gasteiger charge is -2.62. The molecule has 0 heterocycles. The molecule has 4 aliphatic carbocycles. The number of rotatable bonds is 6. The zero-order valence-electron chi connectivity index (χ0n) is 23.4. The normalized spacial score (nSPS) is 40.7. The van der Waals surface area contributed by atoms with Gasteiger partial charge in [-0.2, -0.15) is 0 Å². The number of benzene rings is 1. The van der Waals surface area contributed by atoms with E-state index in [0.717, 1.165) is 44.9 Å². The first-order valence-corrected chi connectivity index (χ1v) is 17.1. The van der Waals surface area contributed by atoms with Crippen LogP contribution in [0.5, 0.6) is 0 Å². The Balaban J connectivity index is 1.23. The topological polar surface area (TPSA) is 130 Å². The summed E-state index contributed by atoms with van der Waals surface area (Å²) in [6.45, 7) is 7.02. The van der Waals surface area contributed by atoms with Gasteiger partial charge in [-0.1, -0.05) is 20.8 Å². The van der Waals surface area contributed by atoms with Crippen molar-refractivity contribution in [2.45, 2.75) is 102 Å². The van der Waals surface area contributed by atoms with Crippen LogP contribution in [0.3, 0.4) is 0 Å². The lowest BCUT2D eigenvalue weighted by molar-refractivity contribution is -0.174. The second-order valence-corrected chi connectivity index (χ2v) is 16.1. The van der Waals surface area contributed by atoms with Gasteiger partial charge in [0.25, 0.3) is 0 Å². The maximum atomic E-state index is 12.8. The molecule has 4 aliphatic rings. The Kier molecular flexibility index (Phi) is 8.08. The maximum Gasteiger partial charge on any atom is 0.238 e. The Morgan fingerprint density at radius 3 is 2.56 bits per heavy atom. The lowest BCUT2D eigenvalue weighted by Crippen LogP contribution is -2.58. The Labute approximate surface area is 241 Å². The summed E-state index contributed by atoms with van der Waals surface area (Å²) in [4.78, 5) is 12.8. The molecule has 0 bridgehead atoms. The number of hydrogen-bond donors (Lipinski definition) is 4. The molecule has 0 aromatic heterocycles. The quantitative estimate of drug-likeness (QED) is 0.335. The van der Waals surface area contributed by atoms with E-state index >= 15 is 0 Å². The molecular formula is C30H45BrN2O5S. The predicted octanol–water partition coefficient (Wildman–Crippen LogP) is 5.44. The Hall–Kier alpha value is -1.00. The van der Waals surface area contributed by atoms with Gasteiger partial charge in [-0.25, -0.2) is 13.6 Å². The van der Waals surface area contributed by atoms with Gasteiger partial charge < -0.3 is 15.5 Å². The summed E-state index contributed by atoms with van der Waals surface area (Å²) < 4.78 is 23.6. The number of fused-ring (bicyclic) bond motifs is 5. The average Bonchev–Trinajstić information content (AvgIpc) is 3.23. The van der Waals surface area contributed by atoms with Crippen LogP contribution < -0.4 is 10.5 Å². The van der Waals surface area contributed by atoms with Crippen LogP contribution in [-0.4, -0.2) is 36.7 Å². The minimum Gasteiger partial charge on any atom is -0.393 e. The minimum atomic E-state index is -3.81. The van der Waals surface area contributed by atoms with Gasteiger partial charge in [0.05, 0.1) is 22.8 Å². The summed E-state index contributed by atoms with van der Waals surface area (Å²) in [5, 5.41) is 30.2. The van der Waals surface area contributed by atoms with Gasteiger partial charge in [0, 0.05) is 10.9 Å². The standard InChI is InChI=1S/C30H45BrN2O5S/c1-17(4-11-28(36)33-26-10-6-20(15-25(26)31)39(32,37)38)22-8-9-23-21-7-5-18-14-19(34)12-13-29(18,2)24(21)16-27(35)30(22,23)3/h6,10,15,17-19,21-24,27,34-35H,4-5,7-9,11-14,16H2,1-3H3,(H,33,36)(H2,32,37,38)/t17-,18-,19-,21+,22-,23+,24+,27+,29+,30-/m1/s1. The molecular weight excluding hydrogens is 580 g/mol. The van der Waals surface area contributed by atoms with Gasteiger partial charge in [0.1, 0.15) is 0 Å². The van der Waals surface area contributed by atoms with E-state index in [9.17, 15) is 23.4 Å². The van der Waals surface area contributed by atoms with Crippen LogP contribution in [0.1, 0.15) is 85.0 Å². The number of anilines is 1. The fourth-order valence-electron chi connectivity index (χ4n) is 9.71. The fraction of sp³-hybridized carbons (Fsp3) is 0.767. The molecule has 4 fully saturated rings. The predicted molar refractivity (Wildman–Crippen MR) is 155 cm³/mol. The number of nitrogens with two attached hydrogens (primary N) is 1. The smallest absolute Gasteiger partial charge is 0.238 e. The molecule has 0 aliphatic heterocycles. The monoisotopic (exact) mass is 624 g/mol. The molecule has 0 radical (unpaired) electrons. The number of nitrogens with one attached hydrogen (secondary N) is 1. The number of halogens is 1. The molecule has 4 saturated carbocycles. The summed E-state index contributed by atoms with van der Waals surface area (Å²) in [6.07, 6.45) is 9.05. The highest BCUT2D eigenvalue weighted by molar-refractivity contribution is 9.10. The molecule has 1 aromatic rings. The highest BCUT2D eigenvalue weighted by Gasteiger charge is 2.63. The molecule has 218 valence electrons. The molecule has 1 amide bonds. The van der Waals surface area contributed by atoms with Crippen LogP contribution in [0.25, 0.3) is 0 Å². The van der Waals surface area contributed by atoms with Crippen molar-refractivity contribution in [2.24, 2.45) is 51.5 Å². The zero-order chi connectivity index (χ0) is 28.3. The van der Waals surface area contributed by atoms with E-state index in [0.29, 0.717) is 52.1 Å². The number of carbonyl (C=O) groups excluding carboxylic acids is 1. The number of amides is 1. The molecule has 10 atom stereocenters.